The van der Waals surface area contributed by atoms with Crippen molar-refractivity contribution in [3.63, 3.8) is 0 Å². The average Bonchev–Trinajstić information content (AvgIpc) is 2.84. The first kappa shape index (κ1) is 13.4. The molecule has 2 fully saturated rings. The van der Waals surface area contributed by atoms with Gasteiger partial charge in [0.15, 0.2) is 0 Å². The SMILES string of the molecule is NCc1ccc(CN2CCC3CCCCC32)c(Cl)c1. The highest BCUT2D eigenvalue weighted by atomic mass is 35.5. The first-order chi connectivity index (χ1) is 9.28. The lowest BCUT2D eigenvalue weighted by Gasteiger charge is -2.32. The number of nitrogens with two attached hydrogens (primary N) is 1. The molecule has 1 saturated carbocycles. The third-order valence-corrected chi connectivity index (χ3v) is 5.20. The molecule has 1 aliphatic heterocycles. The monoisotopic (exact) mass is 278 g/mol. The van der Waals surface area contributed by atoms with Crippen LogP contribution >= 0.6 is 11.6 Å². The molecule has 19 heavy (non-hydrogen) atoms. The third kappa shape index (κ3) is 2.81. The van der Waals surface area contributed by atoms with Crippen molar-refractivity contribution in [1.29, 1.82) is 0 Å². The van der Waals surface area contributed by atoms with E-state index in [4.69, 9.17) is 17.3 Å². The minimum Gasteiger partial charge on any atom is -0.326 e. The van der Waals surface area contributed by atoms with Crippen LogP contribution < -0.4 is 5.73 Å². The van der Waals surface area contributed by atoms with Gasteiger partial charge in [-0.15, -0.1) is 0 Å². The molecule has 1 aliphatic carbocycles. The first-order valence-electron chi connectivity index (χ1n) is 7.49. The number of hydrogen-bond acceptors (Lipinski definition) is 2. The summed E-state index contributed by atoms with van der Waals surface area (Å²) in [5.74, 6) is 0.941. The van der Waals surface area contributed by atoms with Crippen molar-refractivity contribution < 1.29 is 0 Å². The molecule has 2 nitrogen and oxygen atoms in total. The van der Waals surface area contributed by atoms with Crippen molar-refractivity contribution in [2.45, 2.75) is 51.2 Å². The van der Waals surface area contributed by atoms with E-state index in [0.717, 1.165) is 29.1 Å². The Balaban J connectivity index is 1.71. The van der Waals surface area contributed by atoms with Crippen molar-refractivity contribution in [3.05, 3.63) is 34.3 Å². The van der Waals surface area contributed by atoms with Gasteiger partial charge in [0.25, 0.3) is 0 Å². The zero-order chi connectivity index (χ0) is 13.2. The first-order valence-corrected chi connectivity index (χ1v) is 7.87. The number of benzene rings is 1. The fourth-order valence-corrected chi connectivity index (χ4v) is 4.03. The van der Waals surface area contributed by atoms with Crippen molar-refractivity contribution in [1.82, 2.24) is 4.90 Å². The molecule has 0 amide bonds. The molecule has 3 heteroatoms. The highest BCUT2D eigenvalue weighted by molar-refractivity contribution is 6.31. The van der Waals surface area contributed by atoms with Gasteiger partial charge in [-0.1, -0.05) is 36.6 Å². The Hall–Kier alpha value is -0.570. The summed E-state index contributed by atoms with van der Waals surface area (Å²) < 4.78 is 0. The summed E-state index contributed by atoms with van der Waals surface area (Å²) in [6.45, 7) is 2.81. The number of hydrogen-bond donors (Lipinski definition) is 1. The Labute approximate surface area is 120 Å². The van der Waals surface area contributed by atoms with Crippen LogP contribution in [-0.4, -0.2) is 17.5 Å². The molecule has 2 atom stereocenters. The number of fused-ring (bicyclic) bond motifs is 1. The van der Waals surface area contributed by atoms with E-state index in [0.29, 0.717) is 6.54 Å². The topological polar surface area (TPSA) is 29.3 Å². The standard InChI is InChI=1S/C16H23ClN2/c17-15-9-12(10-18)5-6-14(15)11-19-8-7-13-3-1-2-4-16(13)19/h5-6,9,13,16H,1-4,7-8,10-11,18H2. The summed E-state index contributed by atoms with van der Waals surface area (Å²) in [6, 6.07) is 7.08. The summed E-state index contributed by atoms with van der Waals surface area (Å²) >= 11 is 6.38. The molecular formula is C16H23ClN2. The second-order valence-electron chi connectivity index (χ2n) is 6.00. The lowest BCUT2D eigenvalue weighted by Crippen LogP contribution is -2.34. The minimum absolute atomic E-state index is 0.564. The zero-order valence-electron chi connectivity index (χ0n) is 11.4. The van der Waals surface area contributed by atoms with Crippen LogP contribution in [0.25, 0.3) is 0 Å². The van der Waals surface area contributed by atoms with E-state index >= 15 is 0 Å². The van der Waals surface area contributed by atoms with Gasteiger partial charge in [0, 0.05) is 24.2 Å². The molecule has 1 heterocycles. The maximum Gasteiger partial charge on any atom is 0.0454 e. The van der Waals surface area contributed by atoms with Crippen LogP contribution in [0.4, 0.5) is 0 Å². The van der Waals surface area contributed by atoms with E-state index in [-0.39, 0.29) is 0 Å². The Kier molecular flexibility index (Phi) is 4.11. The van der Waals surface area contributed by atoms with Crippen LogP contribution in [0.5, 0.6) is 0 Å². The minimum atomic E-state index is 0.564. The van der Waals surface area contributed by atoms with Crippen LogP contribution in [0.2, 0.25) is 5.02 Å². The van der Waals surface area contributed by atoms with Crippen molar-refractivity contribution in [2.75, 3.05) is 6.54 Å². The van der Waals surface area contributed by atoms with Crippen molar-refractivity contribution in [2.24, 2.45) is 11.7 Å². The van der Waals surface area contributed by atoms with E-state index < -0.39 is 0 Å². The summed E-state index contributed by atoms with van der Waals surface area (Å²) in [5.41, 5.74) is 8.02. The second kappa shape index (κ2) is 5.82. The van der Waals surface area contributed by atoms with E-state index in [9.17, 15) is 0 Å². The van der Waals surface area contributed by atoms with Gasteiger partial charge >= 0.3 is 0 Å². The summed E-state index contributed by atoms with van der Waals surface area (Å²) in [4.78, 5) is 2.65. The number of nitrogens with zero attached hydrogens (tertiary/aromatic N) is 1. The number of likely N-dealkylation sites (tertiary alicyclic amines) is 1. The molecular weight excluding hydrogens is 256 g/mol. The van der Waals surface area contributed by atoms with Gasteiger partial charge in [0.1, 0.15) is 0 Å². The summed E-state index contributed by atoms with van der Waals surface area (Å²) in [7, 11) is 0. The molecule has 1 saturated heterocycles. The third-order valence-electron chi connectivity index (χ3n) is 4.85. The predicted octanol–water partition coefficient (Wildman–Crippen LogP) is 3.56. The molecule has 0 radical (unpaired) electrons. The molecule has 2 aliphatic rings. The number of rotatable bonds is 3. The molecule has 0 aromatic heterocycles. The number of halogens is 1. The Morgan fingerprint density at radius 1 is 1.21 bits per heavy atom. The van der Waals surface area contributed by atoms with Crippen LogP contribution in [0, 0.1) is 5.92 Å². The fraction of sp³-hybridized carbons (Fsp3) is 0.625. The van der Waals surface area contributed by atoms with Crippen molar-refractivity contribution >= 4 is 11.6 Å². The fourth-order valence-electron chi connectivity index (χ4n) is 3.76. The van der Waals surface area contributed by atoms with Crippen LogP contribution in [-0.2, 0) is 13.1 Å². The molecule has 0 bridgehead atoms. The van der Waals surface area contributed by atoms with E-state index in [1.54, 1.807) is 0 Å². The van der Waals surface area contributed by atoms with Gasteiger partial charge in [-0.2, -0.15) is 0 Å². The molecule has 1 aromatic rings. The molecule has 3 rings (SSSR count). The normalized spacial score (nSPS) is 27.5. The van der Waals surface area contributed by atoms with Gasteiger partial charge in [-0.3, -0.25) is 4.90 Å². The van der Waals surface area contributed by atoms with Gasteiger partial charge in [0.05, 0.1) is 0 Å². The lowest BCUT2D eigenvalue weighted by molar-refractivity contribution is 0.176. The molecule has 2 N–H and O–H groups in total. The molecule has 104 valence electrons. The van der Waals surface area contributed by atoms with Gasteiger partial charge < -0.3 is 5.73 Å². The Morgan fingerprint density at radius 2 is 2.05 bits per heavy atom. The van der Waals surface area contributed by atoms with E-state index in [1.165, 1.54) is 44.2 Å². The quantitative estimate of drug-likeness (QED) is 0.916. The van der Waals surface area contributed by atoms with Gasteiger partial charge in [-0.05, 0) is 48.9 Å². The largest absolute Gasteiger partial charge is 0.326 e. The smallest absolute Gasteiger partial charge is 0.0454 e. The summed E-state index contributed by atoms with van der Waals surface area (Å²) in [6.07, 6.45) is 7.02. The van der Waals surface area contributed by atoms with Crippen molar-refractivity contribution in [3.8, 4) is 0 Å². The maximum absolute atomic E-state index is 6.38. The maximum atomic E-state index is 6.38. The van der Waals surface area contributed by atoms with Gasteiger partial charge in [0.2, 0.25) is 0 Å². The lowest BCUT2D eigenvalue weighted by atomic mass is 9.85. The van der Waals surface area contributed by atoms with Crippen LogP contribution in [0.15, 0.2) is 18.2 Å². The Morgan fingerprint density at radius 3 is 2.84 bits per heavy atom. The van der Waals surface area contributed by atoms with Crippen LogP contribution in [0.3, 0.4) is 0 Å². The molecule has 2 unspecified atom stereocenters. The van der Waals surface area contributed by atoms with E-state index in [1.807, 2.05) is 6.07 Å². The summed E-state index contributed by atoms with van der Waals surface area (Å²) in [5, 5.41) is 0.877. The van der Waals surface area contributed by atoms with Crippen LogP contribution in [0.1, 0.15) is 43.2 Å². The highest BCUT2D eigenvalue weighted by Crippen LogP contribution is 2.37. The average molecular weight is 279 g/mol. The Bertz CT molecular complexity index is 446. The second-order valence-corrected chi connectivity index (χ2v) is 6.41. The predicted molar refractivity (Wildman–Crippen MR) is 80.1 cm³/mol. The molecule has 0 spiro atoms. The van der Waals surface area contributed by atoms with E-state index in [2.05, 4.69) is 17.0 Å². The molecule has 1 aromatic carbocycles. The van der Waals surface area contributed by atoms with Gasteiger partial charge in [-0.25, -0.2) is 0 Å². The zero-order valence-corrected chi connectivity index (χ0v) is 12.2. The highest BCUT2D eigenvalue weighted by Gasteiger charge is 2.35.